The van der Waals surface area contributed by atoms with E-state index in [9.17, 15) is 13.2 Å². The van der Waals surface area contributed by atoms with E-state index in [0.29, 0.717) is 31.3 Å². The van der Waals surface area contributed by atoms with E-state index in [1.165, 1.54) is 18.2 Å². The Kier molecular flexibility index (Phi) is 5.44. The highest BCUT2D eigenvalue weighted by Gasteiger charge is 2.32. The molecule has 6 nitrogen and oxygen atoms in total. The molecule has 0 saturated carbocycles. The van der Waals surface area contributed by atoms with Crippen LogP contribution >= 0.6 is 11.6 Å². The molecule has 0 unspecified atom stereocenters. The van der Waals surface area contributed by atoms with Gasteiger partial charge in [-0.25, -0.2) is 8.42 Å². The van der Waals surface area contributed by atoms with E-state index in [0.717, 1.165) is 31.1 Å². The van der Waals surface area contributed by atoms with Gasteiger partial charge in [-0.05, 0) is 48.7 Å². The summed E-state index contributed by atoms with van der Waals surface area (Å²) in [4.78, 5) is 15.1. The molecule has 2 aromatic carbocycles. The summed E-state index contributed by atoms with van der Waals surface area (Å²) < 4.78 is 35.3. The third kappa shape index (κ3) is 4.07. The highest BCUT2D eigenvalue weighted by atomic mass is 35.5. The molecule has 154 valence electrons. The van der Waals surface area contributed by atoms with E-state index in [4.69, 9.17) is 21.1 Å². The van der Waals surface area contributed by atoms with Gasteiger partial charge in [-0.3, -0.25) is 4.79 Å². The second-order valence-corrected chi connectivity index (χ2v) is 9.75. The van der Waals surface area contributed by atoms with Crippen LogP contribution < -0.4 is 9.47 Å². The SMILES string of the molecule is CS(=O)(=O)c1ccc(Cl)c(C(=O)N2CCC[C@@H]2c2ccc3c(c2)OCCCO3)c1. The van der Waals surface area contributed by atoms with Crippen molar-refractivity contribution in [2.24, 2.45) is 0 Å². The Balaban J connectivity index is 1.66. The zero-order valence-corrected chi connectivity index (χ0v) is 17.6. The van der Waals surface area contributed by atoms with Crippen molar-refractivity contribution in [1.82, 2.24) is 4.90 Å². The molecule has 0 radical (unpaired) electrons. The van der Waals surface area contributed by atoms with Crippen LogP contribution in [0.25, 0.3) is 0 Å². The van der Waals surface area contributed by atoms with E-state index in [2.05, 4.69) is 0 Å². The topological polar surface area (TPSA) is 72.9 Å². The standard InChI is InChI=1S/C21H22ClNO5S/c1-29(25,26)15-6-7-17(22)16(13-15)21(24)23-9-2-4-18(23)14-5-8-19-20(12-14)28-11-3-10-27-19/h5-8,12-13,18H,2-4,9-11H2,1H3/t18-/m1/s1. The number of hydrogen-bond acceptors (Lipinski definition) is 5. The van der Waals surface area contributed by atoms with E-state index in [1.807, 2.05) is 18.2 Å². The summed E-state index contributed by atoms with van der Waals surface area (Å²) in [7, 11) is -3.44. The summed E-state index contributed by atoms with van der Waals surface area (Å²) in [6, 6.07) is 9.89. The lowest BCUT2D eigenvalue weighted by molar-refractivity contribution is 0.0735. The fourth-order valence-corrected chi connectivity index (χ4v) is 4.64. The number of hydrogen-bond donors (Lipinski definition) is 0. The average Bonchev–Trinajstić information content (AvgIpc) is 3.05. The Labute approximate surface area is 175 Å². The minimum atomic E-state index is -3.44. The predicted molar refractivity (Wildman–Crippen MR) is 110 cm³/mol. The van der Waals surface area contributed by atoms with Gasteiger partial charge in [0.15, 0.2) is 21.3 Å². The minimum absolute atomic E-state index is 0.0802. The van der Waals surface area contributed by atoms with E-state index in [1.54, 1.807) is 4.90 Å². The number of nitrogens with zero attached hydrogens (tertiary/aromatic N) is 1. The molecule has 0 bridgehead atoms. The first-order chi connectivity index (χ1) is 13.8. The van der Waals surface area contributed by atoms with Crippen LogP contribution in [0.2, 0.25) is 5.02 Å². The lowest BCUT2D eigenvalue weighted by Crippen LogP contribution is -2.31. The molecule has 29 heavy (non-hydrogen) atoms. The molecule has 1 atom stereocenters. The Hall–Kier alpha value is -2.25. The number of amides is 1. The molecule has 2 aromatic rings. The van der Waals surface area contributed by atoms with Crippen molar-refractivity contribution in [1.29, 1.82) is 0 Å². The normalized spacial score (nSPS) is 19.1. The maximum atomic E-state index is 13.3. The monoisotopic (exact) mass is 435 g/mol. The van der Waals surface area contributed by atoms with Gasteiger partial charge in [0.2, 0.25) is 0 Å². The maximum absolute atomic E-state index is 13.3. The van der Waals surface area contributed by atoms with Gasteiger partial charge in [0.25, 0.3) is 5.91 Å². The third-order valence-corrected chi connectivity index (χ3v) is 6.71. The number of ether oxygens (including phenoxy) is 2. The molecule has 8 heteroatoms. The highest BCUT2D eigenvalue weighted by molar-refractivity contribution is 7.90. The predicted octanol–water partition coefficient (Wildman–Crippen LogP) is 3.88. The van der Waals surface area contributed by atoms with Crippen LogP contribution in [0.4, 0.5) is 0 Å². The highest BCUT2D eigenvalue weighted by Crippen LogP contribution is 2.39. The van der Waals surface area contributed by atoms with Gasteiger partial charge in [-0.2, -0.15) is 0 Å². The zero-order chi connectivity index (χ0) is 20.6. The van der Waals surface area contributed by atoms with E-state index in [-0.39, 0.29) is 27.4 Å². The van der Waals surface area contributed by atoms with Crippen molar-refractivity contribution in [2.75, 3.05) is 26.0 Å². The summed E-state index contributed by atoms with van der Waals surface area (Å²) in [6.07, 6.45) is 3.61. The number of likely N-dealkylation sites (tertiary alicyclic amines) is 1. The summed E-state index contributed by atoms with van der Waals surface area (Å²) >= 11 is 6.25. The van der Waals surface area contributed by atoms with Gasteiger partial charge >= 0.3 is 0 Å². The van der Waals surface area contributed by atoms with Crippen molar-refractivity contribution < 1.29 is 22.7 Å². The first-order valence-electron chi connectivity index (χ1n) is 9.55. The van der Waals surface area contributed by atoms with Gasteiger partial charge in [-0.15, -0.1) is 0 Å². The second-order valence-electron chi connectivity index (χ2n) is 7.33. The molecule has 0 spiro atoms. The van der Waals surface area contributed by atoms with Crippen molar-refractivity contribution in [3.8, 4) is 11.5 Å². The Morgan fingerprint density at radius 2 is 1.83 bits per heavy atom. The second kappa shape index (κ2) is 7.88. The van der Waals surface area contributed by atoms with E-state index >= 15 is 0 Å². The van der Waals surface area contributed by atoms with Gasteiger partial charge in [0.1, 0.15) is 0 Å². The van der Waals surface area contributed by atoms with Crippen molar-refractivity contribution in [3.05, 3.63) is 52.5 Å². The Morgan fingerprint density at radius 1 is 1.07 bits per heavy atom. The fraction of sp³-hybridized carbons (Fsp3) is 0.381. The van der Waals surface area contributed by atoms with Gasteiger partial charge < -0.3 is 14.4 Å². The molecule has 4 rings (SSSR count). The van der Waals surface area contributed by atoms with Crippen LogP contribution in [0.1, 0.15) is 41.2 Å². The van der Waals surface area contributed by atoms with E-state index < -0.39 is 9.84 Å². The summed E-state index contributed by atoms with van der Waals surface area (Å²) in [5.74, 6) is 1.14. The zero-order valence-electron chi connectivity index (χ0n) is 16.1. The van der Waals surface area contributed by atoms with Crippen LogP contribution in [0.15, 0.2) is 41.3 Å². The fourth-order valence-electron chi connectivity index (χ4n) is 3.80. The largest absolute Gasteiger partial charge is 0.490 e. The molecule has 2 aliphatic rings. The molecular weight excluding hydrogens is 414 g/mol. The molecule has 2 aliphatic heterocycles. The summed E-state index contributed by atoms with van der Waals surface area (Å²) in [5, 5.41) is 0.242. The smallest absolute Gasteiger partial charge is 0.255 e. The molecule has 1 fully saturated rings. The van der Waals surface area contributed by atoms with Crippen LogP contribution in [0, 0.1) is 0 Å². The van der Waals surface area contributed by atoms with Crippen molar-refractivity contribution in [2.45, 2.75) is 30.2 Å². The lowest BCUT2D eigenvalue weighted by atomic mass is 10.0. The van der Waals surface area contributed by atoms with Crippen molar-refractivity contribution >= 4 is 27.3 Å². The third-order valence-electron chi connectivity index (χ3n) is 5.27. The molecular formula is C21H22ClNO5S. The molecule has 0 aliphatic carbocycles. The van der Waals surface area contributed by atoms with Crippen LogP contribution in [0.3, 0.4) is 0 Å². The first kappa shape index (κ1) is 20.0. The number of benzene rings is 2. The average molecular weight is 436 g/mol. The first-order valence-corrected chi connectivity index (χ1v) is 11.8. The molecule has 0 aromatic heterocycles. The minimum Gasteiger partial charge on any atom is -0.490 e. The van der Waals surface area contributed by atoms with Gasteiger partial charge in [-0.1, -0.05) is 17.7 Å². The van der Waals surface area contributed by atoms with Crippen molar-refractivity contribution in [3.63, 3.8) is 0 Å². The number of carbonyl (C=O) groups is 1. The number of rotatable bonds is 3. The van der Waals surface area contributed by atoms with Crippen LogP contribution in [0.5, 0.6) is 11.5 Å². The molecule has 1 saturated heterocycles. The van der Waals surface area contributed by atoms with Gasteiger partial charge in [0.05, 0.1) is 34.7 Å². The van der Waals surface area contributed by atoms with Gasteiger partial charge in [0, 0.05) is 19.2 Å². The lowest BCUT2D eigenvalue weighted by Gasteiger charge is -2.26. The number of halogens is 1. The number of sulfone groups is 1. The Bertz CT molecular complexity index is 1050. The summed E-state index contributed by atoms with van der Waals surface area (Å²) in [5.41, 5.74) is 1.17. The molecule has 0 N–H and O–H groups in total. The molecule has 2 heterocycles. The quantitative estimate of drug-likeness (QED) is 0.731. The molecule has 1 amide bonds. The maximum Gasteiger partial charge on any atom is 0.255 e. The Morgan fingerprint density at radius 3 is 2.59 bits per heavy atom. The number of fused-ring (bicyclic) bond motifs is 1. The summed E-state index contributed by atoms with van der Waals surface area (Å²) in [6.45, 7) is 1.80. The van der Waals surface area contributed by atoms with Crippen LogP contribution in [-0.2, 0) is 9.84 Å². The van der Waals surface area contributed by atoms with Crippen LogP contribution in [-0.4, -0.2) is 45.2 Å². The number of carbonyl (C=O) groups excluding carboxylic acids is 1.